The van der Waals surface area contributed by atoms with Crippen LogP contribution in [0.25, 0.3) is 6.08 Å². The van der Waals surface area contributed by atoms with Gasteiger partial charge in [-0.1, -0.05) is 29.8 Å². The molecular weight excluding hydrogens is 551 g/mol. The molecule has 0 saturated heterocycles. The number of hydrogen-bond donors (Lipinski definition) is 0. The molecule has 0 N–H and O–H groups in total. The van der Waals surface area contributed by atoms with Gasteiger partial charge in [0.25, 0.3) is 0 Å². The molecule has 4 rings (SSSR count). The van der Waals surface area contributed by atoms with Gasteiger partial charge < -0.3 is 14.2 Å². The van der Waals surface area contributed by atoms with Crippen LogP contribution in [0.2, 0.25) is 5.02 Å². The van der Waals surface area contributed by atoms with E-state index in [4.69, 9.17) is 25.8 Å². The fourth-order valence-corrected chi connectivity index (χ4v) is 4.01. The molecule has 10 heteroatoms. The summed E-state index contributed by atoms with van der Waals surface area (Å²) in [7, 11) is 0. The summed E-state index contributed by atoms with van der Waals surface area (Å²) in [5.74, 6) is -3.03. The van der Waals surface area contributed by atoms with Crippen LogP contribution in [0.3, 0.4) is 0 Å². The molecule has 0 fully saturated rings. The fourth-order valence-electron chi connectivity index (χ4n) is 3.21. The molecule has 0 bridgehead atoms. The maximum atomic E-state index is 14.0. The molecule has 35 heavy (non-hydrogen) atoms. The van der Waals surface area contributed by atoms with Crippen molar-refractivity contribution in [1.29, 1.82) is 0 Å². The van der Waals surface area contributed by atoms with Crippen molar-refractivity contribution in [2.24, 2.45) is 4.99 Å². The molecule has 5 nitrogen and oxygen atoms in total. The number of cyclic esters (lactones) is 1. The summed E-state index contributed by atoms with van der Waals surface area (Å²) < 4.78 is 58.1. The summed E-state index contributed by atoms with van der Waals surface area (Å²) in [6, 6.07) is 11.1. The van der Waals surface area contributed by atoms with Gasteiger partial charge in [0, 0.05) is 5.56 Å². The van der Waals surface area contributed by atoms with Crippen molar-refractivity contribution in [3.63, 3.8) is 0 Å². The van der Waals surface area contributed by atoms with Crippen molar-refractivity contribution in [3.8, 4) is 11.5 Å². The van der Waals surface area contributed by atoms with Crippen LogP contribution < -0.4 is 9.47 Å². The standard InChI is InChI=1S/C25H16BrClF3NO4/c1-2-33-22-9-13(7-16(26)23(22)34-12-14-5-3-4-6-18(14)28)8-21-25(32)35-24(31-21)15-10-19(29)20(30)11-17(15)27/h3-11H,2,12H2,1H3/b21-8+. The Balaban J connectivity index is 1.64. The predicted molar refractivity (Wildman–Crippen MR) is 128 cm³/mol. The first-order chi connectivity index (χ1) is 16.8. The summed E-state index contributed by atoms with van der Waals surface area (Å²) in [6.45, 7) is 2.08. The number of halogens is 5. The molecule has 1 aliphatic heterocycles. The largest absolute Gasteiger partial charge is 0.490 e. The highest BCUT2D eigenvalue weighted by atomic mass is 79.9. The van der Waals surface area contributed by atoms with Crippen molar-refractivity contribution in [2.45, 2.75) is 13.5 Å². The zero-order valence-corrected chi connectivity index (χ0v) is 20.4. The third kappa shape index (κ3) is 5.52. The number of carbonyl (C=O) groups excluding carboxylic acids is 1. The molecule has 0 spiro atoms. The molecule has 3 aromatic rings. The lowest BCUT2D eigenvalue weighted by molar-refractivity contribution is -0.129. The lowest BCUT2D eigenvalue weighted by Gasteiger charge is -2.15. The first kappa shape index (κ1) is 24.8. The van der Waals surface area contributed by atoms with Gasteiger partial charge in [-0.3, -0.25) is 0 Å². The van der Waals surface area contributed by atoms with Crippen LogP contribution in [0.4, 0.5) is 13.2 Å². The molecule has 3 aromatic carbocycles. The Hall–Kier alpha value is -3.30. The van der Waals surface area contributed by atoms with E-state index in [9.17, 15) is 18.0 Å². The lowest BCUT2D eigenvalue weighted by Crippen LogP contribution is -2.07. The van der Waals surface area contributed by atoms with Crippen LogP contribution in [-0.2, 0) is 16.1 Å². The highest BCUT2D eigenvalue weighted by molar-refractivity contribution is 9.10. The second-order valence-corrected chi connectivity index (χ2v) is 8.49. The molecule has 0 amide bonds. The first-order valence-electron chi connectivity index (χ1n) is 10.3. The van der Waals surface area contributed by atoms with Crippen LogP contribution >= 0.6 is 27.5 Å². The number of aliphatic imine (C=N–C) groups is 1. The van der Waals surface area contributed by atoms with Crippen molar-refractivity contribution >= 4 is 45.5 Å². The van der Waals surface area contributed by atoms with E-state index in [2.05, 4.69) is 20.9 Å². The molecule has 0 unspecified atom stereocenters. The number of nitrogens with zero attached hydrogens (tertiary/aromatic N) is 1. The number of rotatable bonds is 7. The van der Waals surface area contributed by atoms with Gasteiger partial charge in [0.2, 0.25) is 5.90 Å². The minimum absolute atomic E-state index is 0.0270. The Labute approximate surface area is 211 Å². The van der Waals surface area contributed by atoms with E-state index < -0.39 is 23.4 Å². The van der Waals surface area contributed by atoms with E-state index >= 15 is 0 Å². The Morgan fingerprint density at radius 1 is 1.06 bits per heavy atom. The Bertz CT molecular complexity index is 1380. The topological polar surface area (TPSA) is 57.1 Å². The normalized spacial score (nSPS) is 14.2. The number of esters is 1. The molecule has 1 aliphatic rings. The van der Waals surface area contributed by atoms with Gasteiger partial charge in [-0.25, -0.2) is 23.0 Å². The van der Waals surface area contributed by atoms with Crippen molar-refractivity contribution < 1.29 is 32.2 Å². The summed E-state index contributed by atoms with van der Waals surface area (Å²) in [5.41, 5.74) is 0.733. The first-order valence-corrected chi connectivity index (χ1v) is 11.4. The van der Waals surface area contributed by atoms with Crippen LogP contribution in [0.5, 0.6) is 11.5 Å². The van der Waals surface area contributed by atoms with E-state index in [1.54, 1.807) is 37.3 Å². The Kier molecular flexibility index (Phi) is 7.47. The van der Waals surface area contributed by atoms with E-state index in [1.807, 2.05) is 0 Å². The summed E-state index contributed by atoms with van der Waals surface area (Å²) >= 11 is 9.38. The summed E-state index contributed by atoms with van der Waals surface area (Å²) in [5, 5.41) is -0.158. The minimum Gasteiger partial charge on any atom is -0.490 e. The Morgan fingerprint density at radius 3 is 2.54 bits per heavy atom. The van der Waals surface area contributed by atoms with Gasteiger partial charge in [-0.2, -0.15) is 0 Å². The average molecular weight is 567 g/mol. The fraction of sp³-hybridized carbons (Fsp3) is 0.120. The molecule has 0 atom stereocenters. The number of benzene rings is 3. The smallest absolute Gasteiger partial charge is 0.363 e. The van der Waals surface area contributed by atoms with E-state index in [1.165, 1.54) is 12.1 Å². The lowest BCUT2D eigenvalue weighted by atomic mass is 10.1. The number of carbonyl (C=O) groups is 1. The van der Waals surface area contributed by atoms with Gasteiger partial charge in [0.15, 0.2) is 28.8 Å². The Morgan fingerprint density at radius 2 is 1.80 bits per heavy atom. The molecule has 0 aromatic heterocycles. The molecular formula is C25H16BrClF3NO4. The molecule has 180 valence electrons. The van der Waals surface area contributed by atoms with E-state index in [-0.39, 0.29) is 28.8 Å². The van der Waals surface area contributed by atoms with Crippen molar-refractivity contribution in [3.05, 3.63) is 97.9 Å². The SMILES string of the molecule is CCOc1cc(/C=C2/N=C(c3cc(F)c(F)cc3Cl)OC2=O)cc(Br)c1OCc1ccccc1F. The van der Waals surface area contributed by atoms with Crippen LogP contribution in [0.15, 0.2) is 63.7 Å². The van der Waals surface area contributed by atoms with Crippen LogP contribution in [-0.4, -0.2) is 18.5 Å². The maximum Gasteiger partial charge on any atom is 0.363 e. The van der Waals surface area contributed by atoms with E-state index in [0.29, 0.717) is 33.7 Å². The minimum atomic E-state index is -1.16. The van der Waals surface area contributed by atoms with Gasteiger partial charge in [-0.15, -0.1) is 0 Å². The average Bonchev–Trinajstić information content (AvgIpc) is 3.16. The quantitative estimate of drug-likeness (QED) is 0.178. The summed E-state index contributed by atoms with van der Waals surface area (Å²) in [6.07, 6.45) is 1.43. The van der Waals surface area contributed by atoms with Gasteiger partial charge in [-0.05, 0) is 64.8 Å². The molecule has 0 saturated carbocycles. The monoisotopic (exact) mass is 565 g/mol. The predicted octanol–water partition coefficient (Wildman–Crippen LogP) is 6.84. The molecule has 0 aliphatic carbocycles. The van der Waals surface area contributed by atoms with Crippen LogP contribution in [0.1, 0.15) is 23.6 Å². The highest BCUT2D eigenvalue weighted by Crippen LogP contribution is 2.38. The second kappa shape index (κ2) is 10.5. The van der Waals surface area contributed by atoms with Crippen molar-refractivity contribution in [1.82, 2.24) is 0 Å². The van der Waals surface area contributed by atoms with Gasteiger partial charge in [0.05, 0.1) is 21.7 Å². The van der Waals surface area contributed by atoms with Gasteiger partial charge in [0.1, 0.15) is 12.4 Å². The zero-order valence-electron chi connectivity index (χ0n) is 18.1. The van der Waals surface area contributed by atoms with E-state index in [0.717, 1.165) is 12.1 Å². The molecule has 0 radical (unpaired) electrons. The summed E-state index contributed by atoms with van der Waals surface area (Å²) in [4.78, 5) is 16.4. The highest BCUT2D eigenvalue weighted by Gasteiger charge is 2.27. The van der Waals surface area contributed by atoms with Crippen LogP contribution in [0, 0.1) is 17.5 Å². The maximum absolute atomic E-state index is 14.0. The number of hydrogen-bond acceptors (Lipinski definition) is 5. The van der Waals surface area contributed by atoms with Gasteiger partial charge >= 0.3 is 5.97 Å². The molecule has 1 heterocycles. The van der Waals surface area contributed by atoms with Crippen molar-refractivity contribution in [2.75, 3.05) is 6.61 Å². The zero-order chi connectivity index (χ0) is 25.1. The number of ether oxygens (including phenoxy) is 3. The third-order valence-corrected chi connectivity index (χ3v) is 5.73. The third-order valence-electron chi connectivity index (χ3n) is 4.83. The second-order valence-electron chi connectivity index (χ2n) is 7.23.